The van der Waals surface area contributed by atoms with Gasteiger partial charge in [-0.15, -0.1) is 0 Å². The summed E-state index contributed by atoms with van der Waals surface area (Å²) in [7, 11) is 6.44. The van der Waals surface area contributed by atoms with Crippen molar-refractivity contribution in [3.05, 3.63) is 23.9 Å². The summed E-state index contributed by atoms with van der Waals surface area (Å²) in [5, 5.41) is 2.91. The van der Waals surface area contributed by atoms with Gasteiger partial charge in [0.1, 0.15) is 0 Å². The van der Waals surface area contributed by atoms with Gasteiger partial charge in [0.2, 0.25) is 5.91 Å². The van der Waals surface area contributed by atoms with Crippen molar-refractivity contribution in [1.82, 2.24) is 5.32 Å². The van der Waals surface area contributed by atoms with Crippen LogP contribution < -0.4 is 11.1 Å². The van der Waals surface area contributed by atoms with E-state index in [1.54, 1.807) is 0 Å². The first-order chi connectivity index (χ1) is 8.67. The Morgan fingerprint density at radius 1 is 1.42 bits per heavy atom. The SMILES string of the molecule is C=C(N)C(CCCNC(=O)C(C)=CC)C[N+](C)(C)C. The quantitative estimate of drug-likeness (QED) is 0.399. The number of hydrogen-bond donors (Lipinski definition) is 2. The number of nitrogens with two attached hydrogens (primary N) is 1. The highest BCUT2D eigenvalue weighted by Crippen LogP contribution is 2.15. The van der Waals surface area contributed by atoms with E-state index >= 15 is 0 Å². The van der Waals surface area contributed by atoms with Crippen LogP contribution in [0.15, 0.2) is 23.9 Å². The number of nitrogens with zero attached hydrogens (tertiary/aromatic N) is 1. The fourth-order valence-corrected chi connectivity index (χ4v) is 1.88. The first kappa shape index (κ1) is 17.7. The lowest BCUT2D eigenvalue weighted by molar-refractivity contribution is -0.873. The Kier molecular flexibility index (Phi) is 7.45. The van der Waals surface area contributed by atoms with E-state index in [0.717, 1.165) is 35.1 Å². The summed E-state index contributed by atoms with van der Waals surface area (Å²) in [4.78, 5) is 11.6. The van der Waals surface area contributed by atoms with Crippen LogP contribution in [0.2, 0.25) is 0 Å². The predicted molar refractivity (Wildman–Crippen MR) is 81.4 cm³/mol. The first-order valence-corrected chi connectivity index (χ1v) is 6.83. The lowest BCUT2D eigenvalue weighted by atomic mass is 9.99. The van der Waals surface area contributed by atoms with Crippen molar-refractivity contribution in [2.75, 3.05) is 34.2 Å². The maximum atomic E-state index is 11.6. The molecule has 0 rings (SSSR count). The van der Waals surface area contributed by atoms with E-state index < -0.39 is 0 Å². The van der Waals surface area contributed by atoms with Crippen LogP contribution in [-0.2, 0) is 4.79 Å². The molecule has 0 saturated carbocycles. The summed E-state index contributed by atoms with van der Waals surface area (Å²) in [5.41, 5.74) is 7.35. The first-order valence-electron chi connectivity index (χ1n) is 6.83. The molecule has 4 nitrogen and oxygen atoms in total. The topological polar surface area (TPSA) is 55.1 Å². The molecule has 0 aliphatic heterocycles. The van der Waals surface area contributed by atoms with Gasteiger partial charge in [-0.1, -0.05) is 12.7 Å². The van der Waals surface area contributed by atoms with Crippen molar-refractivity contribution in [2.24, 2.45) is 11.7 Å². The van der Waals surface area contributed by atoms with Crippen molar-refractivity contribution in [1.29, 1.82) is 0 Å². The number of allylic oxidation sites excluding steroid dienone is 1. The summed E-state index contributed by atoms with van der Waals surface area (Å²) >= 11 is 0. The minimum atomic E-state index is 0.0113. The van der Waals surface area contributed by atoms with Crippen molar-refractivity contribution in [2.45, 2.75) is 26.7 Å². The summed E-state index contributed by atoms with van der Waals surface area (Å²) in [5.74, 6) is 0.317. The molecule has 0 fully saturated rings. The average molecular weight is 268 g/mol. The van der Waals surface area contributed by atoms with Gasteiger partial charge in [-0.2, -0.15) is 0 Å². The third kappa shape index (κ3) is 8.43. The number of carbonyl (C=O) groups is 1. The van der Waals surface area contributed by atoms with Gasteiger partial charge in [0.05, 0.1) is 27.7 Å². The molecule has 110 valence electrons. The van der Waals surface area contributed by atoms with Crippen molar-refractivity contribution < 1.29 is 9.28 Å². The molecule has 0 radical (unpaired) electrons. The van der Waals surface area contributed by atoms with E-state index in [0.29, 0.717) is 12.5 Å². The maximum absolute atomic E-state index is 11.6. The van der Waals surface area contributed by atoms with Gasteiger partial charge in [-0.05, 0) is 26.7 Å². The van der Waals surface area contributed by atoms with E-state index in [1.165, 1.54) is 0 Å². The van der Waals surface area contributed by atoms with Crippen LogP contribution in [0.5, 0.6) is 0 Å². The standard InChI is InChI=1S/C15H29N3O/c1-7-12(2)15(19)17-10-8-9-14(13(3)16)11-18(4,5)6/h7,14H,3,8-11,16H2,1-2,4-6H3/p+1. The van der Waals surface area contributed by atoms with Gasteiger partial charge in [0.15, 0.2) is 0 Å². The molecule has 3 N–H and O–H groups in total. The molecule has 0 aromatic rings. The van der Waals surface area contributed by atoms with E-state index in [1.807, 2.05) is 19.9 Å². The smallest absolute Gasteiger partial charge is 0.246 e. The van der Waals surface area contributed by atoms with E-state index in [2.05, 4.69) is 33.0 Å². The Hall–Kier alpha value is -1.29. The Bertz CT molecular complexity index is 340. The van der Waals surface area contributed by atoms with Crippen molar-refractivity contribution >= 4 is 5.91 Å². The minimum absolute atomic E-state index is 0.0113. The highest BCUT2D eigenvalue weighted by Gasteiger charge is 2.19. The molecule has 19 heavy (non-hydrogen) atoms. The van der Waals surface area contributed by atoms with Gasteiger partial charge in [0.25, 0.3) is 0 Å². The monoisotopic (exact) mass is 268 g/mol. The summed E-state index contributed by atoms with van der Waals surface area (Å²) in [6, 6.07) is 0. The van der Waals surface area contributed by atoms with Crippen LogP contribution in [0.4, 0.5) is 0 Å². The zero-order valence-electron chi connectivity index (χ0n) is 13.1. The van der Waals surface area contributed by atoms with Gasteiger partial charge >= 0.3 is 0 Å². The maximum Gasteiger partial charge on any atom is 0.246 e. The summed E-state index contributed by atoms with van der Waals surface area (Å²) in [6.07, 6.45) is 3.70. The van der Waals surface area contributed by atoms with Crippen LogP contribution in [0.25, 0.3) is 0 Å². The normalized spacial score (nSPS) is 14.1. The van der Waals surface area contributed by atoms with Gasteiger partial charge in [-0.25, -0.2) is 0 Å². The van der Waals surface area contributed by atoms with Crippen LogP contribution in [-0.4, -0.2) is 44.6 Å². The highest BCUT2D eigenvalue weighted by atomic mass is 16.1. The molecule has 0 bridgehead atoms. The third-order valence-corrected chi connectivity index (χ3v) is 3.10. The molecule has 0 saturated heterocycles. The van der Waals surface area contributed by atoms with Crippen molar-refractivity contribution in [3.8, 4) is 0 Å². The molecule has 0 aliphatic rings. The predicted octanol–water partition coefficient (Wildman–Crippen LogP) is 1.64. The highest BCUT2D eigenvalue weighted by molar-refractivity contribution is 5.92. The van der Waals surface area contributed by atoms with Crippen molar-refractivity contribution in [3.63, 3.8) is 0 Å². The zero-order valence-corrected chi connectivity index (χ0v) is 13.1. The zero-order chi connectivity index (χ0) is 15.1. The Morgan fingerprint density at radius 2 is 2.00 bits per heavy atom. The lowest BCUT2D eigenvalue weighted by Gasteiger charge is -2.29. The van der Waals surface area contributed by atoms with Crippen LogP contribution in [0.1, 0.15) is 26.7 Å². The third-order valence-electron chi connectivity index (χ3n) is 3.10. The molecule has 0 spiro atoms. The molecule has 1 atom stereocenters. The molecule has 1 unspecified atom stereocenters. The summed E-state index contributed by atoms with van der Waals surface area (Å²) in [6.45, 7) is 9.20. The number of nitrogens with one attached hydrogen (secondary N) is 1. The van der Waals surface area contributed by atoms with Crippen LogP contribution in [0, 0.1) is 5.92 Å². The molecule has 4 heteroatoms. The second-order valence-corrected chi connectivity index (χ2v) is 6.11. The largest absolute Gasteiger partial charge is 0.402 e. The second kappa shape index (κ2) is 8.00. The average Bonchev–Trinajstić information content (AvgIpc) is 2.29. The van der Waals surface area contributed by atoms with Gasteiger partial charge in [0, 0.05) is 23.7 Å². The fourth-order valence-electron chi connectivity index (χ4n) is 1.88. The number of hydrogen-bond acceptors (Lipinski definition) is 2. The number of quaternary nitrogens is 1. The van der Waals surface area contributed by atoms with E-state index in [4.69, 9.17) is 5.73 Å². The Morgan fingerprint density at radius 3 is 2.42 bits per heavy atom. The van der Waals surface area contributed by atoms with Gasteiger partial charge in [-0.3, -0.25) is 4.79 Å². The summed E-state index contributed by atoms with van der Waals surface area (Å²) < 4.78 is 0.866. The number of carbonyl (C=O) groups excluding carboxylic acids is 1. The Balaban J connectivity index is 4.08. The molecular weight excluding hydrogens is 238 g/mol. The van der Waals surface area contributed by atoms with Crippen LogP contribution in [0.3, 0.4) is 0 Å². The Labute approximate surface area is 117 Å². The molecule has 0 aliphatic carbocycles. The van der Waals surface area contributed by atoms with E-state index in [-0.39, 0.29) is 5.91 Å². The minimum Gasteiger partial charge on any atom is -0.402 e. The van der Waals surface area contributed by atoms with Crippen LogP contribution >= 0.6 is 0 Å². The molecule has 0 heterocycles. The molecule has 1 amide bonds. The second-order valence-electron chi connectivity index (χ2n) is 6.11. The van der Waals surface area contributed by atoms with Gasteiger partial charge < -0.3 is 15.5 Å². The molecule has 0 aromatic carbocycles. The molecular formula is C15H30N3O+. The lowest BCUT2D eigenvalue weighted by Crippen LogP contribution is -2.40. The molecule has 0 aromatic heterocycles. The fraction of sp³-hybridized carbons (Fsp3) is 0.667. The van der Waals surface area contributed by atoms with E-state index in [9.17, 15) is 4.79 Å². The number of rotatable bonds is 8. The number of amides is 1.